The summed E-state index contributed by atoms with van der Waals surface area (Å²) in [6.45, 7) is 1.52. The van der Waals surface area contributed by atoms with Crippen LogP contribution >= 0.6 is 0 Å². The Kier molecular flexibility index (Phi) is 3.82. The van der Waals surface area contributed by atoms with Gasteiger partial charge in [0.2, 0.25) is 0 Å². The lowest BCUT2D eigenvalue weighted by Gasteiger charge is -2.24. The zero-order chi connectivity index (χ0) is 16.4. The van der Waals surface area contributed by atoms with Crippen molar-refractivity contribution < 1.29 is 4.79 Å². The minimum atomic E-state index is 0.0316. The third kappa shape index (κ3) is 2.80. The van der Waals surface area contributed by atoms with Gasteiger partial charge in [0.1, 0.15) is 0 Å². The summed E-state index contributed by atoms with van der Waals surface area (Å²) in [4.78, 5) is 19.1. The zero-order valence-corrected chi connectivity index (χ0v) is 13.2. The molecule has 0 bridgehead atoms. The molecule has 1 saturated heterocycles. The highest BCUT2D eigenvalue weighted by Gasteiger charge is 2.29. The predicted molar refractivity (Wildman–Crippen MR) is 87.6 cm³/mol. The molecule has 0 aromatic carbocycles. The van der Waals surface area contributed by atoms with E-state index in [1.54, 1.807) is 23.3 Å². The van der Waals surface area contributed by atoms with Crippen molar-refractivity contribution >= 4 is 5.91 Å². The average molecular weight is 322 g/mol. The lowest BCUT2D eigenvalue weighted by molar-refractivity contribution is 0.0721. The molecule has 1 atom stereocenters. The molecule has 4 heterocycles. The smallest absolute Gasteiger partial charge is 0.255 e. The van der Waals surface area contributed by atoms with Crippen LogP contribution in [-0.4, -0.2) is 47.9 Å². The van der Waals surface area contributed by atoms with Crippen molar-refractivity contribution in [3.63, 3.8) is 0 Å². The topological polar surface area (TPSA) is 68.8 Å². The Morgan fingerprint density at radius 1 is 1.17 bits per heavy atom. The third-order valence-electron chi connectivity index (χ3n) is 4.33. The molecule has 0 N–H and O–H groups in total. The molecule has 1 amide bonds. The number of pyridine rings is 1. The Balaban J connectivity index is 1.50. The molecule has 7 heteroatoms. The van der Waals surface area contributed by atoms with Gasteiger partial charge in [0.05, 0.1) is 18.2 Å². The molecule has 0 aliphatic carbocycles. The molecule has 7 nitrogen and oxygen atoms in total. The maximum atomic E-state index is 12.8. The van der Waals surface area contributed by atoms with Crippen LogP contribution in [0.15, 0.2) is 55.2 Å². The van der Waals surface area contributed by atoms with Crippen molar-refractivity contribution in [2.24, 2.45) is 0 Å². The summed E-state index contributed by atoms with van der Waals surface area (Å²) in [7, 11) is 0. The van der Waals surface area contributed by atoms with E-state index in [-0.39, 0.29) is 11.9 Å². The number of amides is 1. The lowest BCUT2D eigenvalue weighted by atomic mass is 10.2. The fourth-order valence-electron chi connectivity index (χ4n) is 3.14. The number of likely N-dealkylation sites (tertiary alicyclic amines) is 1. The maximum absolute atomic E-state index is 12.8. The highest BCUT2D eigenvalue weighted by molar-refractivity contribution is 5.94. The number of carbonyl (C=O) groups is 1. The molecular formula is C17H18N6O. The van der Waals surface area contributed by atoms with Gasteiger partial charge in [-0.05, 0) is 37.1 Å². The van der Waals surface area contributed by atoms with Crippen LogP contribution < -0.4 is 0 Å². The van der Waals surface area contributed by atoms with E-state index in [1.807, 2.05) is 46.2 Å². The lowest BCUT2D eigenvalue weighted by Crippen LogP contribution is -2.38. The second kappa shape index (κ2) is 6.27. The van der Waals surface area contributed by atoms with E-state index < -0.39 is 0 Å². The van der Waals surface area contributed by atoms with Crippen LogP contribution in [0.5, 0.6) is 0 Å². The standard InChI is InChI=1S/C17H18N6O/c24-17(14-5-6-16(18-12-14)23-11-3-8-20-23)22-10-1-4-15(22)13-21-9-2-7-19-21/h2-3,5-9,11-12,15H,1,4,10,13H2/t15-/m0/s1. The third-order valence-corrected chi connectivity index (χ3v) is 4.33. The molecule has 24 heavy (non-hydrogen) atoms. The second-order valence-electron chi connectivity index (χ2n) is 5.88. The molecule has 0 spiro atoms. The van der Waals surface area contributed by atoms with Crippen LogP contribution in [0.25, 0.3) is 5.82 Å². The monoisotopic (exact) mass is 322 g/mol. The SMILES string of the molecule is O=C(c1ccc(-n2cccn2)nc1)N1CCC[C@H]1Cn1cccn1. The molecule has 3 aromatic rings. The first-order chi connectivity index (χ1) is 11.8. The van der Waals surface area contributed by atoms with Crippen molar-refractivity contribution in [2.45, 2.75) is 25.4 Å². The van der Waals surface area contributed by atoms with Gasteiger partial charge in [-0.2, -0.15) is 10.2 Å². The van der Waals surface area contributed by atoms with E-state index in [4.69, 9.17) is 0 Å². The Hall–Kier alpha value is -2.96. The number of hydrogen-bond acceptors (Lipinski definition) is 4. The highest BCUT2D eigenvalue weighted by Crippen LogP contribution is 2.21. The number of nitrogens with zero attached hydrogens (tertiary/aromatic N) is 6. The van der Waals surface area contributed by atoms with Crippen LogP contribution in [0.2, 0.25) is 0 Å². The zero-order valence-electron chi connectivity index (χ0n) is 13.2. The maximum Gasteiger partial charge on any atom is 0.255 e. The van der Waals surface area contributed by atoms with E-state index in [0.717, 1.165) is 25.9 Å². The van der Waals surface area contributed by atoms with Gasteiger partial charge < -0.3 is 4.90 Å². The minimum absolute atomic E-state index is 0.0316. The number of rotatable bonds is 4. The summed E-state index contributed by atoms with van der Waals surface area (Å²) in [6, 6.07) is 7.56. The minimum Gasteiger partial charge on any atom is -0.334 e. The molecule has 1 aliphatic heterocycles. The van der Waals surface area contributed by atoms with E-state index in [0.29, 0.717) is 11.4 Å². The Bertz CT molecular complexity index is 794. The molecule has 0 saturated carbocycles. The summed E-state index contributed by atoms with van der Waals surface area (Å²) < 4.78 is 3.56. The quantitative estimate of drug-likeness (QED) is 0.734. The van der Waals surface area contributed by atoms with Crippen molar-refractivity contribution in [3.05, 3.63) is 60.8 Å². The van der Waals surface area contributed by atoms with E-state index >= 15 is 0 Å². The van der Waals surface area contributed by atoms with E-state index in [9.17, 15) is 4.79 Å². The van der Waals surface area contributed by atoms with Crippen LogP contribution in [-0.2, 0) is 6.54 Å². The number of aromatic nitrogens is 5. The number of carbonyl (C=O) groups excluding carboxylic acids is 1. The van der Waals surface area contributed by atoms with Gasteiger partial charge in [-0.3, -0.25) is 9.48 Å². The van der Waals surface area contributed by atoms with Crippen molar-refractivity contribution in [3.8, 4) is 5.82 Å². The molecule has 122 valence electrons. The fraction of sp³-hybridized carbons (Fsp3) is 0.294. The first-order valence-electron chi connectivity index (χ1n) is 8.06. The summed E-state index contributed by atoms with van der Waals surface area (Å²) >= 11 is 0. The molecule has 0 unspecified atom stereocenters. The summed E-state index contributed by atoms with van der Waals surface area (Å²) in [5.41, 5.74) is 0.610. The Morgan fingerprint density at radius 3 is 2.75 bits per heavy atom. The van der Waals surface area contributed by atoms with Gasteiger partial charge in [0.15, 0.2) is 5.82 Å². The fourth-order valence-corrected chi connectivity index (χ4v) is 3.14. The van der Waals surface area contributed by atoms with Crippen LogP contribution in [0.4, 0.5) is 0 Å². The van der Waals surface area contributed by atoms with Crippen molar-refractivity contribution in [1.29, 1.82) is 0 Å². The first-order valence-corrected chi connectivity index (χ1v) is 8.06. The second-order valence-corrected chi connectivity index (χ2v) is 5.88. The molecule has 1 fully saturated rings. The normalized spacial score (nSPS) is 17.3. The van der Waals surface area contributed by atoms with Gasteiger partial charge in [0, 0.05) is 37.5 Å². The number of hydrogen-bond donors (Lipinski definition) is 0. The van der Waals surface area contributed by atoms with Gasteiger partial charge in [-0.1, -0.05) is 0 Å². The highest BCUT2D eigenvalue weighted by atomic mass is 16.2. The molecule has 1 aliphatic rings. The Morgan fingerprint density at radius 2 is 2.04 bits per heavy atom. The van der Waals surface area contributed by atoms with Crippen LogP contribution in [0.3, 0.4) is 0 Å². The predicted octanol–water partition coefficient (Wildman–Crippen LogP) is 1.77. The van der Waals surface area contributed by atoms with Crippen molar-refractivity contribution in [2.75, 3.05) is 6.54 Å². The summed E-state index contributed by atoms with van der Waals surface area (Å²) in [6.07, 6.45) is 10.9. The summed E-state index contributed by atoms with van der Waals surface area (Å²) in [5, 5.41) is 8.38. The largest absolute Gasteiger partial charge is 0.334 e. The van der Waals surface area contributed by atoms with Crippen LogP contribution in [0, 0.1) is 0 Å². The van der Waals surface area contributed by atoms with E-state index in [2.05, 4.69) is 15.2 Å². The molecular weight excluding hydrogens is 304 g/mol. The average Bonchev–Trinajstić information content (AvgIpc) is 3.37. The first kappa shape index (κ1) is 14.6. The van der Waals surface area contributed by atoms with Crippen molar-refractivity contribution in [1.82, 2.24) is 29.4 Å². The molecule has 0 radical (unpaired) electrons. The van der Waals surface area contributed by atoms with Gasteiger partial charge in [-0.15, -0.1) is 0 Å². The van der Waals surface area contributed by atoms with E-state index in [1.165, 1.54) is 0 Å². The summed E-state index contributed by atoms with van der Waals surface area (Å²) in [5.74, 6) is 0.732. The molecule has 4 rings (SSSR count). The Labute approximate surface area is 139 Å². The van der Waals surface area contributed by atoms with Gasteiger partial charge in [0.25, 0.3) is 5.91 Å². The van der Waals surface area contributed by atoms with Crippen LogP contribution in [0.1, 0.15) is 23.2 Å². The van der Waals surface area contributed by atoms with Gasteiger partial charge in [-0.25, -0.2) is 9.67 Å². The molecule has 3 aromatic heterocycles. The van der Waals surface area contributed by atoms with Gasteiger partial charge >= 0.3 is 0 Å².